The molecule has 0 radical (unpaired) electrons. The Kier molecular flexibility index (Phi) is 5.84. The molecule has 1 aromatic rings. The Bertz CT molecular complexity index is 633. The van der Waals surface area contributed by atoms with Crippen LogP contribution in [0, 0.1) is 18.8 Å². The van der Waals surface area contributed by atoms with Crippen molar-refractivity contribution in [2.75, 3.05) is 26.2 Å². The van der Waals surface area contributed by atoms with E-state index >= 15 is 0 Å². The summed E-state index contributed by atoms with van der Waals surface area (Å²) in [4.78, 5) is 28.7. The first-order valence-corrected chi connectivity index (χ1v) is 9.72. The van der Waals surface area contributed by atoms with Crippen LogP contribution in [0.1, 0.15) is 38.7 Å². The SMILES string of the molecule is Cc1ccc(OC2CCN(C(=O)[C@@H]3CC(=O)N(CC(C)C)C3)CC2)cc1. The van der Waals surface area contributed by atoms with E-state index in [2.05, 4.69) is 20.8 Å². The van der Waals surface area contributed by atoms with Crippen molar-refractivity contribution < 1.29 is 14.3 Å². The minimum atomic E-state index is -0.171. The predicted molar refractivity (Wildman–Crippen MR) is 101 cm³/mol. The molecule has 1 aromatic carbocycles. The summed E-state index contributed by atoms with van der Waals surface area (Å²) in [5, 5.41) is 0. The third kappa shape index (κ3) is 4.57. The molecule has 5 nitrogen and oxygen atoms in total. The fraction of sp³-hybridized carbons (Fsp3) is 0.619. The maximum absolute atomic E-state index is 12.8. The highest BCUT2D eigenvalue weighted by atomic mass is 16.5. The number of amides is 2. The first-order chi connectivity index (χ1) is 12.4. The number of piperidine rings is 1. The maximum Gasteiger partial charge on any atom is 0.227 e. The van der Waals surface area contributed by atoms with Crippen molar-refractivity contribution in [1.82, 2.24) is 9.80 Å². The maximum atomic E-state index is 12.8. The lowest BCUT2D eigenvalue weighted by Gasteiger charge is -2.33. The fourth-order valence-corrected chi connectivity index (χ4v) is 3.82. The van der Waals surface area contributed by atoms with Gasteiger partial charge in [0.15, 0.2) is 0 Å². The number of aryl methyl sites for hydroxylation is 1. The van der Waals surface area contributed by atoms with Crippen LogP contribution in [-0.2, 0) is 9.59 Å². The van der Waals surface area contributed by atoms with Gasteiger partial charge in [-0.3, -0.25) is 9.59 Å². The summed E-state index contributed by atoms with van der Waals surface area (Å²) in [6.45, 7) is 9.01. The van der Waals surface area contributed by atoms with Gasteiger partial charge in [0.2, 0.25) is 11.8 Å². The summed E-state index contributed by atoms with van der Waals surface area (Å²) in [5.74, 6) is 1.41. The van der Waals surface area contributed by atoms with E-state index in [9.17, 15) is 9.59 Å². The molecule has 0 N–H and O–H groups in total. The quantitative estimate of drug-likeness (QED) is 0.813. The van der Waals surface area contributed by atoms with Crippen LogP contribution in [0.3, 0.4) is 0 Å². The highest BCUT2D eigenvalue weighted by molar-refractivity contribution is 5.89. The summed E-state index contributed by atoms with van der Waals surface area (Å²) in [6.07, 6.45) is 2.21. The van der Waals surface area contributed by atoms with E-state index in [1.165, 1.54) is 5.56 Å². The Labute approximate surface area is 156 Å². The second kappa shape index (κ2) is 8.11. The Balaban J connectivity index is 1.48. The molecule has 5 heteroatoms. The first-order valence-electron chi connectivity index (χ1n) is 9.72. The molecule has 26 heavy (non-hydrogen) atoms. The van der Waals surface area contributed by atoms with Gasteiger partial charge in [-0.1, -0.05) is 31.5 Å². The van der Waals surface area contributed by atoms with Crippen molar-refractivity contribution in [2.45, 2.75) is 46.1 Å². The lowest BCUT2D eigenvalue weighted by atomic mass is 10.0. The van der Waals surface area contributed by atoms with Crippen LogP contribution in [0.25, 0.3) is 0 Å². The van der Waals surface area contributed by atoms with Crippen LogP contribution < -0.4 is 4.74 Å². The minimum absolute atomic E-state index is 0.120. The molecule has 0 aromatic heterocycles. The molecule has 0 saturated carbocycles. The molecule has 1 atom stereocenters. The second-order valence-electron chi connectivity index (χ2n) is 8.05. The van der Waals surface area contributed by atoms with Gasteiger partial charge >= 0.3 is 0 Å². The van der Waals surface area contributed by atoms with E-state index in [1.807, 2.05) is 34.1 Å². The van der Waals surface area contributed by atoms with Gasteiger partial charge in [0, 0.05) is 45.4 Å². The molecule has 0 spiro atoms. The van der Waals surface area contributed by atoms with Crippen molar-refractivity contribution in [3.05, 3.63) is 29.8 Å². The molecule has 2 saturated heterocycles. The van der Waals surface area contributed by atoms with Crippen molar-refractivity contribution in [3.8, 4) is 5.75 Å². The molecule has 142 valence electrons. The van der Waals surface area contributed by atoms with E-state index in [1.54, 1.807) is 0 Å². The van der Waals surface area contributed by atoms with Crippen LogP contribution >= 0.6 is 0 Å². The molecule has 2 aliphatic heterocycles. The van der Waals surface area contributed by atoms with E-state index in [0.29, 0.717) is 32.0 Å². The van der Waals surface area contributed by atoms with Gasteiger partial charge in [-0.05, 0) is 25.0 Å². The third-order valence-corrected chi connectivity index (χ3v) is 5.23. The standard InChI is InChI=1S/C21H30N2O3/c1-15(2)13-23-14-17(12-20(23)24)21(25)22-10-8-19(9-11-22)26-18-6-4-16(3)5-7-18/h4-7,15,17,19H,8-14H2,1-3H3/t17-/m1/s1. The zero-order chi connectivity index (χ0) is 18.7. The lowest BCUT2D eigenvalue weighted by Crippen LogP contribution is -2.45. The zero-order valence-electron chi connectivity index (χ0n) is 16.1. The van der Waals surface area contributed by atoms with Gasteiger partial charge in [0.05, 0.1) is 5.92 Å². The molecule has 2 amide bonds. The van der Waals surface area contributed by atoms with Crippen LogP contribution in [-0.4, -0.2) is 53.9 Å². The highest BCUT2D eigenvalue weighted by Gasteiger charge is 2.37. The summed E-state index contributed by atoms with van der Waals surface area (Å²) >= 11 is 0. The number of nitrogens with zero attached hydrogens (tertiary/aromatic N) is 2. The van der Waals surface area contributed by atoms with Crippen molar-refractivity contribution in [3.63, 3.8) is 0 Å². The molecule has 2 fully saturated rings. The highest BCUT2D eigenvalue weighted by Crippen LogP contribution is 2.24. The van der Waals surface area contributed by atoms with E-state index in [4.69, 9.17) is 4.74 Å². The lowest BCUT2D eigenvalue weighted by molar-refractivity contribution is -0.137. The first kappa shape index (κ1) is 18.7. The minimum Gasteiger partial charge on any atom is -0.490 e. The smallest absolute Gasteiger partial charge is 0.227 e. The Morgan fingerprint density at radius 2 is 1.85 bits per heavy atom. The number of carbonyl (C=O) groups excluding carboxylic acids is 2. The average Bonchev–Trinajstić information content (AvgIpc) is 2.97. The average molecular weight is 358 g/mol. The molecule has 0 bridgehead atoms. The molecule has 0 aliphatic carbocycles. The van der Waals surface area contributed by atoms with Crippen molar-refractivity contribution in [1.29, 1.82) is 0 Å². The van der Waals surface area contributed by atoms with Gasteiger partial charge in [-0.15, -0.1) is 0 Å². The van der Waals surface area contributed by atoms with Crippen LogP contribution in [0.2, 0.25) is 0 Å². The van der Waals surface area contributed by atoms with Crippen molar-refractivity contribution >= 4 is 11.8 Å². The Morgan fingerprint density at radius 1 is 1.19 bits per heavy atom. The second-order valence-corrected chi connectivity index (χ2v) is 8.05. The molecule has 2 heterocycles. The molecule has 0 unspecified atom stereocenters. The summed E-state index contributed by atoms with van der Waals surface area (Å²) in [6, 6.07) is 8.10. The van der Waals surface area contributed by atoms with Gasteiger partial charge in [0.25, 0.3) is 0 Å². The number of likely N-dealkylation sites (tertiary alicyclic amines) is 2. The fourth-order valence-electron chi connectivity index (χ4n) is 3.82. The van der Waals surface area contributed by atoms with Crippen molar-refractivity contribution in [2.24, 2.45) is 11.8 Å². The molecule has 2 aliphatic rings. The largest absolute Gasteiger partial charge is 0.490 e. The zero-order valence-corrected chi connectivity index (χ0v) is 16.1. The number of benzene rings is 1. The summed E-state index contributed by atoms with van der Waals surface area (Å²) in [7, 11) is 0. The van der Waals surface area contributed by atoms with Crippen LogP contribution in [0.15, 0.2) is 24.3 Å². The molecular formula is C21H30N2O3. The van der Waals surface area contributed by atoms with Crippen LogP contribution in [0.5, 0.6) is 5.75 Å². The topological polar surface area (TPSA) is 49.9 Å². The number of ether oxygens (including phenoxy) is 1. The van der Waals surface area contributed by atoms with Gasteiger partial charge in [-0.25, -0.2) is 0 Å². The number of rotatable bonds is 5. The number of carbonyl (C=O) groups is 2. The number of hydrogen-bond acceptors (Lipinski definition) is 3. The van der Waals surface area contributed by atoms with Gasteiger partial charge < -0.3 is 14.5 Å². The van der Waals surface area contributed by atoms with E-state index in [0.717, 1.165) is 25.1 Å². The Hall–Kier alpha value is -2.04. The molecule has 3 rings (SSSR count). The van der Waals surface area contributed by atoms with E-state index < -0.39 is 0 Å². The monoisotopic (exact) mass is 358 g/mol. The van der Waals surface area contributed by atoms with Crippen LogP contribution in [0.4, 0.5) is 0 Å². The normalized spacial score (nSPS) is 21.5. The Morgan fingerprint density at radius 3 is 2.46 bits per heavy atom. The van der Waals surface area contributed by atoms with E-state index in [-0.39, 0.29) is 23.8 Å². The predicted octanol–water partition coefficient (Wildman–Crippen LogP) is 2.87. The number of hydrogen-bond donors (Lipinski definition) is 0. The molecular weight excluding hydrogens is 328 g/mol. The van der Waals surface area contributed by atoms with Gasteiger partial charge in [-0.2, -0.15) is 0 Å². The summed E-state index contributed by atoms with van der Waals surface area (Å²) < 4.78 is 6.04. The van der Waals surface area contributed by atoms with Gasteiger partial charge in [0.1, 0.15) is 11.9 Å². The third-order valence-electron chi connectivity index (χ3n) is 5.23. The summed E-state index contributed by atoms with van der Waals surface area (Å²) in [5.41, 5.74) is 1.22.